The van der Waals surface area contributed by atoms with Gasteiger partial charge in [-0.3, -0.25) is 0 Å². The van der Waals surface area contributed by atoms with E-state index in [4.69, 9.17) is 9.57 Å². The van der Waals surface area contributed by atoms with Crippen molar-refractivity contribution in [2.45, 2.75) is 52.9 Å². The number of hydrogen-bond donors (Lipinski definition) is 1. The van der Waals surface area contributed by atoms with E-state index < -0.39 is 12.1 Å². The number of aryl methyl sites for hydroxylation is 1. The van der Waals surface area contributed by atoms with Crippen molar-refractivity contribution in [2.75, 3.05) is 0 Å². The number of benzene rings is 2. The van der Waals surface area contributed by atoms with E-state index in [1.54, 1.807) is 26.8 Å². The first-order chi connectivity index (χ1) is 13.3. The molecular formula is C22H26FNO4. The van der Waals surface area contributed by atoms with Crippen LogP contribution in [0.2, 0.25) is 0 Å². The Kier molecular flexibility index (Phi) is 7.70. The number of aliphatic carboxylic acids is 1. The molecule has 0 aromatic heterocycles. The lowest BCUT2D eigenvalue weighted by Crippen LogP contribution is -2.29. The first kappa shape index (κ1) is 21.6. The summed E-state index contributed by atoms with van der Waals surface area (Å²) in [6.07, 6.45) is -0.833. The molecule has 0 fully saturated rings. The molecule has 0 spiro atoms. The third-order valence-corrected chi connectivity index (χ3v) is 4.11. The fourth-order valence-electron chi connectivity index (χ4n) is 2.68. The van der Waals surface area contributed by atoms with Crippen LogP contribution in [0.15, 0.2) is 47.6 Å². The fourth-order valence-corrected chi connectivity index (χ4v) is 2.68. The number of rotatable bonds is 9. The quantitative estimate of drug-likeness (QED) is 0.508. The number of carboxylic acids is 1. The summed E-state index contributed by atoms with van der Waals surface area (Å²) in [5, 5.41) is 13.4. The SMILES string of the molecule is C/C(=N\OCc1ccc(C)cc1F)c1cccc(CC(OC(C)C)C(=O)O)c1. The van der Waals surface area contributed by atoms with Crippen molar-refractivity contribution in [1.29, 1.82) is 0 Å². The Morgan fingerprint density at radius 2 is 1.96 bits per heavy atom. The zero-order valence-corrected chi connectivity index (χ0v) is 16.6. The van der Waals surface area contributed by atoms with Crippen molar-refractivity contribution in [3.05, 3.63) is 70.5 Å². The highest BCUT2D eigenvalue weighted by Gasteiger charge is 2.20. The lowest BCUT2D eigenvalue weighted by Gasteiger charge is -2.16. The number of halogens is 1. The van der Waals surface area contributed by atoms with Gasteiger partial charge in [0, 0.05) is 12.0 Å². The third kappa shape index (κ3) is 6.46. The summed E-state index contributed by atoms with van der Waals surface area (Å²) in [4.78, 5) is 16.7. The predicted octanol–water partition coefficient (Wildman–Crippen LogP) is 4.50. The Balaban J connectivity index is 2.05. The van der Waals surface area contributed by atoms with E-state index in [0.29, 0.717) is 11.3 Å². The smallest absolute Gasteiger partial charge is 0.333 e. The minimum absolute atomic E-state index is 0.0342. The summed E-state index contributed by atoms with van der Waals surface area (Å²) in [5.41, 5.74) is 3.52. The molecule has 1 N–H and O–H groups in total. The molecule has 6 heteroatoms. The summed E-state index contributed by atoms with van der Waals surface area (Å²) in [7, 11) is 0. The number of hydrogen-bond acceptors (Lipinski definition) is 4. The number of oxime groups is 1. The Hall–Kier alpha value is -2.73. The minimum Gasteiger partial charge on any atom is -0.479 e. The van der Waals surface area contributed by atoms with E-state index in [1.165, 1.54) is 6.07 Å². The van der Waals surface area contributed by atoms with Gasteiger partial charge in [0.05, 0.1) is 11.8 Å². The zero-order valence-electron chi connectivity index (χ0n) is 16.6. The van der Waals surface area contributed by atoms with E-state index >= 15 is 0 Å². The van der Waals surface area contributed by atoms with Gasteiger partial charge in [0.15, 0.2) is 6.10 Å². The van der Waals surface area contributed by atoms with Gasteiger partial charge in [-0.1, -0.05) is 35.5 Å². The van der Waals surface area contributed by atoms with E-state index in [1.807, 2.05) is 37.3 Å². The predicted molar refractivity (Wildman–Crippen MR) is 106 cm³/mol. The van der Waals surface area contributed by atoms with Crippen LogP contribution in [-0.4, -0.2) is 29.0 Å². The monoisotopic (exact) mass is 387 g/mol. The second-order valence-electron chi connectivity index (χ2n) is 6.96. The van der Waals surface area contributed by atoms with Crippen LogP contribution in [0.1, 0.15) is 43.0 Å². The van der Waals surface area contributed by atoms with Crippen LogP contribution in [0.5, 0.6) is 0 Å². The number of carbonyl (C=O) groups is 1. The summed E-state index contributed by atoms with van der Waals surface area (Å²) in [6.45, 7) is 7.25. The van der Waals surface area contributed by atoms with Gasteiger partial charge >= 0.3 is 5.97 Å². The summed E-state index contributed by atoms with van der Waals surface area (Å²) >= 11 is 0. The molecule has 2 aromatic carbocycles. The molecule has 28 heavy (non-hydrogen) atoms. The van der Waals surface area contributed by atoms with E-state index in [-0.39, 0.29) is 24.9 Å². The van der Waals surface area contributed by atoms with Gasteiger partial charge in [0.2, 0.25) is 0 Å². The molecule has 0 amide bonds. The molecule has 0 heterocycles. The molecule has 0 bridgehead atoms. The van der Waals surface area contributed by atoms with Crippen LogP contribution in [-0.2, 0) is 27.4 Å². The van der Waals surface area contributed by atoms with E-state index in [9.17, 15) is 14.3 Å². The average molecular weight is 387 g/mol. The maximum atomic E-state index is 13.8. The average Bonchev–Trinajstić information content (AvgIpc) is 2.62. The Morgan fingerprint density at radius 1 is 1.21 bits per heavy atom. The van der Waals surface area contributed by atoms with Crippen molar-refractivity contribution in [1.82, 2.24) is 0 Å². The Labute approximate surface area is 164 Å². The minimum atomic E-state index is -0.993. The van der Waals surface area contributed by atoms with Crippen LogP contribution in [0.4, 0.5) is 4.39 Å². The molecular weight excluding hydrogens is 361 g/mol. The Bertz CT molecular complexity index is 848. The highest BCUT2D eigenvalue weighted by atomic mass is 19.1. The first-order valence-electron chi connectivity index (χ1n) is 9.15. The van der Waals surface area contributed by atoms with Gasteiger partial charge in [-0.2, -0.15) is 0 Å². The largest absolute Gasteiger partial charge is 0.479 e. The van der Waals surface area contributed by atoms with Crippen LogP contribution in [0.25, 0.3) is 0 Å². The van der Waals surface area contributed by atoms with E-state index in [0.717, 1.165) is 16.7 Å². The Morgan fingerprint density at radius 3 is 2.61 bits per heavy atom. The lowest BCUT2D eigenvalue weighted by molar-refractivity contribution is -0.153. The maximum absolute atomic E-state index is 13.8. The van der Waals surface area contributed by atoms with Crippen LogP contribution in [0.3, 0.4) is 0 Å². The molecule has 0 saturated carbocycles. The summed E-state index contributed by atoms with van der Waals surface area (Å²) in [6, 6.07) is 12.3. The highest BCUT2D eigenvalue weighted by Crippen LogP contribution is 2.14. The second kappa shape index (κ2) is 9.99. The van der Waals surface area contributed by atoms with Crippen LogP contribution >= 0.6 is 0 Å². The van der Waals surface area contributed by atoms with Gasteiger partial charge in [-0.25, -0.2) is 9.18 Å². The van der Waals surface area contributed by atoms with Gasteiger partial charge in [-0.15, -0.1) is 0 Å². The van der Waals surface area contributed by atoms with E-state index in [2.05, 4.69) is 5.16 Å². The highest BCUT2D eigenvalue weighted by molar-refractivity contribution is 5.98. The molecule has 1 atom stereocenters. The molecule has 0 radical (unpaired) electrons. The zero-order chi connectivity index (χ0) is 20.7. The van der Waals surface area contributed by atoms with Crippen molar-refractivity contribution >= 4 is 11.7 Å². The molecule has 0 aliphatic carbocycles. The fraction of sp³-hybridized carbons (Fsp3) is 0.364. The lowest BCUT2D eigenvalue weighted by atomic mass is 10.0. The van der Waals surface area contributed by atoms with Crippen molar-refractivity contribution in [3.63, 3.8) is 0 Å². The normalized spacial score (nSPS) is 12.9. The molecule has 2 rings (SSSR count). The van der Waals surface area contributed by atoms with Crippen LogP contribution < -0.4 is 0 Å². The maximum Gasteiger partial charge on any atom is 0.333 e. The van der Waals surface area contributed by atoms with Crippen molar-refractivity contribution in [2.24, 2.45) is 5.16 Å². The van der Waals surface area contributed by atoms with Crippen LogP contribution in [0, 0.1) is 12.7 Å². The number of nitrogens with zero attached hydrogens (tertiary/aromatic N) is 1. The third-order valence-electron chi connectivity index (χ3n) is 4.11. The molecule has 0 aliphatic heterocycles. The standard InChI is InChI=1S/C22H26FNO4/c1-14(2)28-21(22(25)26)12-17-6-5-7-18(11-17)16(4)24-27-13-19-9-8-15(3)10-20(19)23/h5-11,14,21H,12-13H2,1-4H3,(H,25,26)/b24-16+. The van der Waals surface area contributed by atoms with Gasteiger partial charge < -0.3 is 14.7 Å². The molecule has 2 aromatic rings. The summed E-state index contributed by atoms with van der Waals surface area (Å²) in [5.74, 6) is -1.31. The second-order valence-corrected chi connectivity index (χ2v) is 6.96. The molecule has 150 valence electrons. The van der Waals surface area contributed by atoms with Crippen molar-refractivity contribution in [3.8, 4) is 0 Å². The van der Waals surface area contributed by atoms with Crippen molar-refractivity contribution < 1.29 is 23.9 Å². The number of carboxylic acid groups (broad SMARTS) is 1. The van der Waals surface area contributed by atoms with Gasteiger partial charge in [-0.05, 0) is 56.5 Å². The molecule has 5 nitrogen and oxygen atoms in total. The molecule has 1 unspecified atom stereocenters. The molecule has 0 aliphatic rings. The first-order valence-corrected chi connectivity index (χ1v) is 9.15. The molecule has 0 saturated heterocycles. The topological polar surface area (TPSA) is 68.1 Å². The summed E-state index contributed by atoms with van der Waals surface area (Å²) < 4.78 is 19.3. The number of ether oxygens (including phenoxy) is 1. The van der Waals surface area contributed by atoms with Gasteiger partial charge in [0.1, 0.15) is 12.4 Å². The van der Waals surface area contributed by atoms with Gasteiger partial charge in [0.25, 0.3) is 0 Å².